The molecule has 0 bridgehead atoms. The minimum absolute atomic E-state index is 0.522. The molecule has 0 saturated carbocycles. The van der Waals surface area contributed by atoms with Crippen LogP contribution in [0.5, 0.6) is 0 Å². The lowest BCUT2D eigenvalue weighted by molar-refractivity contribution is 0.449. The maximum Gasteiger partial charge on any atom is 0.101 e. The van der Waals surface area contributed by atoms with Crippen molar-refractivity contribution in [2.75, 3.05) is 25.0 Å². The first kappa shape index (κ1) is 12.4. The molecule has 1 aromatic carbocycles. The van der Waals surface area contributed by atoms with Crippen molar-refractivity contribution < 1.29 is 0 Å². The van der Waals surface area contributed by atoms with Crippen molar-refractivity contribution in [2.24, 2.45) is 0 Å². The van der Waals surface area contributed by atoms with E-state index in [1.54, 1.807) is 0 Å². The Labute approximate surface area is 111 Å². The van der Waals surface area contributed by atoms with Gasteiger partial charge in [-0.25, -0.2) is 0 Å². The Hall–Kier alpha value is -1.05. The second-order valence-corrected chi connectivity index (χ2v) is 5.26. The largest absolute Gasteiger partial charge is 0.369 e. The summed E-state index contributed by atoms with van der Waals surface area (Å²) in [6.07, 6.45) is 2.38. The molecular weight excluding hydrogens is 278 g/mol. The number of rotatable bonds is 2. The lowest BCUT2D eigenvalue weighted by Gasteiger charge is -2.34. The number of halogens is 1. The van der Waals surface area contributed by atoms with Crippen molar-refractivity contribution in [1.29, 1.82) is 5.26 Å². The number of benzene rings is 1. The van der Waals surface area contributed by atoms with E-state index < -0.39 is 0 Å². The summed E-state index contributed by atoms with van der Waals surface area (Å²) in [5, 5.41) is 12.5. The van der Waals surface area contributed by atoms with Crippen LogP contribution < -0.4 is 10.2 Å². The van der Waals surface area contributed by atoms with E-state index in [4.69, 9.17) is 5.26 Å². The highest BCUT2D eigenvalue weighted by Crippen LogP contribution is 2.27. The van der Waals surface area contributed by atoms with Gasteiger partial charge in [-0.1, -0.05) is 15.9 Å². The van der Waals surface area contributed by atoms with Crippen molar-refractivity contribution in [3.63, 3.8) is 0 Å². The maximum atomic E-state index is 9.16. The fraction of sp³-hybridized carbons (Fsp3) is 0.462. The molecule has 1 aromatic rings. The summed E-state index contributed by atoms with van der Waals surface area (Å²) in [5.41, 5.74) is 1.80. The third kappa shape index (κ3) is 2.80. The molecule has 1 aliphatic rings. The van der Waals surface area contributed by atoms with Crippen LogP contribution in [-0.2, 0) is 0 Å². The summed E-state index contributed by atoms with van der Waals surface area (Å²) in [4.78, 5) is 2.30. The molecule has 2 rings (SSSR count). The molecule has 0 amide bonds. The number of piperidine rings is 1. The highest BCUT2D eigenvalue weighted by atomic mass is 79.9. The maximum absolute atomic E-state index is 9.16. The second kappa shape index (κ2) is 5.52. The molecule has 1 N–H and O–H groups in total. The highest BCUT2D eigenvalue weighted by molar-refractivity contribution is 9.10. The molecule has 17 heavy (non-hydrogen) atoms. The number of nitriles is 1. The Morgan fingerprint density at radius 3 is 3.06 bits per heavy atom. The van der Waals surface area contributed by atoms with E-state index in [2.05, 4.69) is 32.2 Å². The summed E-state index contributed by atoms with van der Waals surface area (Å²) in [7, 11) is 2.00. The summed E-state index contributed by atoms with van der Waals surface area (Å²) in [6, 6.07) is 8.63. The van der Waals surface area contributed by atoms with Crippen molar-refractivity contribution in [2.45, 2.75) is 18.9 Å². The van der Waals surface area contributed by atoms with Gasteiger partial charge < -0.3 is 10.2 Å². The van der Waals surface area contributed by atoms with Gasteiger partial charge in [-0.2, -0.15) is 5.26 Å². The van der Waals surface area contributed by atoms with Gasteiger partial charge in [0.15, 0.2) is 0 Å². The highest BCUT2D eigenvalue weighted by Gasteiger charge is 2.20. The van der Waals surface area contributed by atoms with Gasteiger partial charge in [0.25, 0.3) is 0 Å². The van der Waals surface area contributed by atoms with Crippen LogP contribution in [0.4, 0.5) is 5.69 Å². The predicted molar refractivity (Wildman–Crippen MR) is 73.2 cm³/mol. The Bertz CT molecular complexity index is 439. The summed E-state index contributed by atoms with van der Waals surface area (Å²) in [6.45, 7) is 2.00. The molecular formula is C13H16BrN3. The summed E-state index contributed by atoms with van der Waals surface area (Å²) in [5.74, 6) is 0. The van der Waals surface area contributed by atoms with Crippen LogP contribution in [0.1, 0.15) is 18.4 Å². The number of nitrogens with zero attached hydrogens (tertiary/aromatic N) is 2. The molecule has 1 aliphatic heterocycles. The SMILES string of the molecule is CNC1CCCN(c2cc(Br)ccc2C#N)C1. The van der Waals surface area contributed by atoms with E-state index >= 15 is 0 Å². The molecule has 4 heteroatoms. The van der Waals surface area contributed by atoms with Crippen molar-refractivity contribution in [3.8, 4) is 6.07 Å². The minimum Gasteiger partial charge on any atom is -0.369 e. The van der Waals surface area contributed by atoms with Gasteiger partial charge in [0.05, 0.1) is 11.3 Å². The minimum atomic E-state index is 0.522. The topological polar surface area (TPSA) is 39.1 Å². The quantitative estimate of drug-likeness (QED) is 0.911. The third-order valence-corrected chi connectivity index (χ3v) is 3.74. The standard InChI is InChI=1S/C13H16BrN3/c1-16-12-3-2-6-17(9-12)13-7-11(14)5-4-10(13)8-15/h4-5,7,12,16H,2-3,6,9H2,1H3. The number of likely N-dealkylation sites (N-methyl/N-ethyl adjacent to an activating group) is 1. The number of anilines is 1. The molecule has 0 spiro atoms. The van der Waals surface area contributed by atoms with Crippen LogP contribution in [0.2, 0.25) is 0 Å². The zero-order chi connectivity index (χ0) is 12.3. The van der Waals surface area contributed by atoms with Crippen LogP contribution in [0.15, 0.2) is 22.7 Å². The third-order valence-electron chi connectivity index (χ3n) is 3.25. The van der Waals surface area contributed by atoms with Crippen LogP contribution in [0.3, 0.4) is 0 Å². The molecule has 1 saturated heterocycles. The van der Waals surface area contributed by atoms with E-state index in [0.717, 1.165) is 28.8 Å². The first-order valence-corrected chi connectivity index (χ1v) is 6.65. The van der Waals surface area contributed by atoms with Gasteiger partial charge in [0, 0.05) is 23.6 Å². The van der Waals surface area contributed by atoms with Gasteiger partial charge in [-0.15, -0.1) is 0 Å². The number of hydrogen-bond acceptors (Lipinski definition) is 3. The van der Waals surface area contributed by atoms with E-state index in [1.165, 1.54) is 12.8 Å². The van der Waals surface area contributed by atoms with Gasteiger partial charge >= 0.3 is 0 Å². The number of hydrogen-bond donors (Lipinski definition) is 1. The van der Waals surface area contributed by atoms with Gasteiger partial charge in [0.2, 0.25) is 0 Å². The fourth-order valence-electron chi connectivity index (χ4n) is 2.29. The van der Waals surface area contributed by atoms with Gasteiger partial charge in [-0.3, -0.25) is 0 Å². The van der Waals surface area contributed by atoms with Crippen LogP contribution in [0, 0.1) is 11.3 Å². The van der Waals surface area contributed by atoms with Crippen LogP contribution in [0.25, 0.3) is 0 Å². The zero-order valence-corrected chi connectivity index (χ0v) is 11.5. The Balaban J connectivity index is 2.27. The fourth-order valence-corrected chi connectivity index (χ4v) is 2.64. The van der Waals surface area contributed by atoms with Crippen molar-refractivity contribution in [3.05, 3.63) is 28.2 Å². The molecule has 0 aromatic heterocycles. The Morgan fingerprint density at radius 2 is 2.35 bits per heavy atom. The Kier molecular flexibility index (Phi) is 4.03. The van der Waals surface area contributed by atoms with E-state index in [0.29, 0.717) is 6.04 Å². The van der Waals surface area contributed by atoms with E-state index in [-0.39, 0.29) is 0 Å². The molecule has 1 fully saturated rings. The first-order chi connectivity index (χ1) is 8.24. The monoisotopic (exact) mass is 293 g/mol. The molecule has 0 aliphatic carbocycles. The smallest absolute Gasteiger partial charge is 0.101 e. The Morgan fingerprint density at radius 1 is 1.53 bits per heavy atom. The lowest BCUT2D eigenvalue weighted by Crippen LogP contribution is -2.44. The molecule has 1 unspecified atom stereocenters. The van der Waals surface area contributed by atoms with Gasteiger partial charge in [0.1, 0.15) is 6.07 Å². The van der Waals surface area contributed by atoms with E-state index in [9.17, 15) is 0 Å². The van der Waals surface area contributed by atoms with Crippen LogP contribution >= 0.6 is 15.9 Å². The molecule has 1 heterocycles. The molecule has 3 nitrogen and oxygen atoms in total. The molecule has 90 valence electrons. The van der Waals surface area contributed by atoms with E-state index in [1.807, 2.05) is 25.2 Å². The van der Waals surface area contributed by atoms with Crippen LogP contribution in [-0.4, -0.2) is 26.2 Å². The zero-order valence-electron chi connectivity index (χ0n) is 9.91. The average Bonchev–Trinajstić information content (AvgIpc) is 2.39. The second-order valence-electron chi connectivity index (χ2n) is 4.35. The lowest BCUT2D eigenvalue weighted by atomic mass is 10.0. The molecule has 1 atom stereocenters. The van der Waals surface area contributed by atoms with Gasteiger partial charge in [-0.05, 0) is 38.1 Å². The van der Waals surface area contributed by atoms with Crippen molar-refractivity contribution in [1.82, 2.24) is 5.32 Å². The summed E-state index contributed by atoms with van der Waals surface area (Å²) >= 11 is 3.47. The van der Waals surface area contributed by atoms with Crippen molar-refractivity contribution >= 4 is 21.6 Å². The average molecular weight is 294 g/mol. The first-order valence-electron chi connectivity index (χ1n) is 5.86. The normalized spacial score (nSPS) is 20.1. The predicted octanol–water partition coefficient (Wildman–Crippen LogP) is 2.51. The number of nitrogens with one attached hydrogen (secondary N) is 1. The summed E-state index contributed by atoms with van der Waals surface area (Å²) < 4.78 is 1.03. The molecule has 0 radical (unpaired) electrons.